The number of hydrogen-bond acceptors (Lipinski definition) is 5. The third kappa shape index (κ3) is 3.56. The second kappa shape index (κ2) is 6.45. The summed E-state index contributed by atoms with van der Waals surface area (Å²) in [6, 6.07) is 9.17. The second-order valence-electron chi connectivity index (χ2n) is 5.54. The van der Waals surface area contributed by atoms with Gasteiger partial charge in [-0.1, -0.05) is 44.2 Å². The Morgan fingerprint density at radius 2 is 1.74 bits per heavy atom. The maximum atomic E-state index is 11.8. The summed E-state index contributed by atoms with van der Waals surface area (Å²) in [7, 11) is -2.10. The van der Waals surface area contributed by atoms with Crippen LogP contribution in [-0.2, 0) is 10.0 Å². The van der Waals surface area contributed by atoms with Crippen molar-refractivity contribution in [2.24, 2.45) is 0 Å². The summed E-state index contributed by atoms with van der Waals surface area (Å²) >= 11 is 0. The number of carbonyl (C=O) groups is 1. The lowest BCUT2D eigenvalue weighted by atomic mass is 9.99. The summed E-state index contributed by atoms with van der Waals surface area (Å²) in [5.74, 6) is 0.00743. The lowest BCUT2D eigenvalue weighted by Gasteiger charge is -2.19. The van der Waals surface area contributed by atoms with Gasteiger partial charge in [0.15, 0.2) is 6.29 Å². The van der Waals surface area contributed by atoms with E-state index in [4.69, 9.17) is 0 Å². The zero-order chi connectivity index (χ0) is 17.2. The van der Waals surface area contributed by atoms with Gasteiger partial charge in [-0.15, -0.1) is 0 Å². The Morgan fingerprint density at radius 3 is 2.22 bits per heavy atom. The monoisotopic (exact) mass is 333 g/mol. The number of hydrogen-bond donors (Lipinski definition) is 0. The van der Waals surface area contributed by atoms with E-state index in [1.807, 2.05) is 44.2 Å². The lowest BCUT2D eigenvalue weighted by Crippen LogP contribution is -2.27. The first-order chi connectivity index (χ1) is 10.8. The molecule has 122 valence electrons. The molecule has 0 aliphatic carbocycles. The summed E-state index contributed by atoms with van der Waals surface area (Å²) in [6.45, 7) is 3.79. The van der Waals surface area contributed by atoms with Crippen LogP contribution in [0.3, 0.4) is 0 Å². The third-order valence-electron chi connectivity index (χ3n) is 3.45. The predicted molar refractivity (Wildman–Crippen MR) is 90.2 cm³/mol. The summed E-state index contributed by atoms with van der Waals surface area (Å²) < 4.78 is 24.6. The molecular formula is C16H19N3O3S. The van der Waals surface area contributed by atoms with Crippen LogP contribution >= 0.6 is 0 Å². The van der Waals surface area contributed by atoms with Crippen LogP contribution in [0.15, 0.2) is 30.3 Å². The lowest BCUT2D eigenvalue weighted by molar-refractivity contribution is 0.112. The van der Waals surface area contributed by atoms with Gasteiger partial charge in [-0.3, -0.25) is 4.79 Å². The standard InChI is InChI=1S/C16H19N3O3S/c1-11(2)14-13(10-20)15(12-8-6-5-7-9-12)18-16(17-14)19(3)23(4,21)22/h5-11H,1-4H3. The molecule has 0 aliphatic rings. The molecule has 7 heteroatoms. The van der Waals surface area contributed by atoms with Gasteiger partial charge >= 0.3 is 0 Å². The van der Waals surface area contributed by atoms with Crippen molar-refractivity contribution in [3.8, 4) is 11.3 Å². The Morgan fingerprint density at radius 1 is 1.13 bits per heavy atom. The molecule has 0 saturated heterocycles. The molecule has 1 aromatic carbocycles. The van der Waals surface area contributed by atoms with Crippen LogP contribution in [-0.4, -0.2) is 38.0 Å². The van der Waals surface area contributed by atoms with Crippen molar-refractivity contribution in [3.05, 3.63) is 41.6 Å². The van der Waals surface area contributed by atoms with Crippen LogP contribution in [0.25, 0.3) is 11.3 Å². The summed E-state index contributed by atoms with van der Waals surface area (Å²) in [5.41, 5.74) is 2.09. The van der Waals surface area contributed by atoms with Crippen LogP contribution in [0.2, 0.25) is 0 Å². The van der Waals surface area contributed by atoms with Gasteiger partial charge in [0.05, 0.1) is 23.2 Å². The van der Waals surface area contributed by atoms with Gasteiger partial charge in [0, 0.05) is 12.6 Å². The number of carbonyl (C=O) groups excluding carboxylic acids is 1. The van der Waals surface area contributed by atoms with Gasteiger partial charge < -0.3 is 0 Å². The van der Waals surface area contributed by atoms with E-state index in [9.17, 15) is 13.2 Å². The number of aromatic nitrogens is 2. The number of aldehydes is 1. The van der Waals surface area contributed by atoms with E-state index in [2.05, 4.69) is 9.97 Å². The van der Waals surface area contributed by atoms with E-state index in [0.29, 0.717) is 17.0 Å². The molecule has 0 N–H and O–H groups in total. The molecule has 0 fully saturated rings. The minimum absolute atomic E-state index is 0.0487. The molecule has 1 heterocycles. The van der Waals surface area contributed by atoms with E-state index in [1.165, 1.54) is 7.05 Å². The maximum Gasteiger partial charge on any atom is 0.239 e. The van der Waals surface area contributed by atoms with Crippen LogP contribution in [0.4, 0.5) is 5.95 Å². The zero-order valence-electron chi connectivity index (χ0n) is 13.5. The molecule has 0 saturated carbocycles. The topological polar surface area (TPSA) is 80.2 Å². The first-order valence-corrected chi connectivity index (χ1v) is 8.97. The SMILES string of the molecule is CC(C)c1nc(N(C)S(C)(=O)=O)nc(-c2ccccc2)c1C=O. The fourth-order valence-electron chi connectivity index (χ4n) is 2.14. The van der Waals surface area contributed by atoms with Crippen molar-refractivity contribution in [2.75, 3.05) is 17.6 Å². The van der Waals surface area contributed by atoms with Gasteiger partial charge in [0.1, 0.15) is 0 Å². The largest absolute Gasteiger partial charge is 0.298 e. The van der Waals surface area contributed by atoms with Crippen molar-refractivity contribution < 1.29 is 13.2 Å². The molecular weight excluding hydrogens is 314 g/mol. The van der Waals surface area contributed by atoms with Crippen molar-refractivity contribution in [3.63, 3.8) is 0 Å². The molecule has 23 heavy (non-hydrogen) atoms. The van der Waals surface area contributed by atoms with E-state index in [1.54, 1.807) is 0 Å². The van der Waals surface area contributed by atoms with E-state index in [0.717, 1.165) is 22.4 Å². The summed E-state index contributed by atoms with van der Waals surface area (Å²) in [5, 5.41) is 0. The Balaban J connectivity index is 2.78. The van der Waals surface area contributed by atoms with Crippen LogP contribution in [0.5, 0.6) is 0 Å². The Kier molecular flexibility index (Phi) is 4.79. The number of nitrogens with zero attached hydrogens (tertiary/aromatic N) is 3. The molecule has 0 spiro atoms. The Bertz CT molecular complexity index is 818. The van der Waals surface area contributed by atoms with Crippen molar-refractivity contribution >= 4 is 22.3 Å². The van der Waals surface area contributed by atoms with Gasteiger partial charge in [-0.05, 0) is 5.92 Å². The van der Waals surface area contributed by atoms with E-state index < -0.39 is 10.0 Å². The quantitative estimate of drug-likeness (QED) is 0.785. The minimum Gasteiger partial charge on any atom is -0.298 e. The molecule has 0 unspecified atom stereocenters. The van der Waals surface area contributed by atoms with E-state index in [-0.39, 0.29) is 11.9 Å². The van der Waals surface area contributed by atoms with Crippen LogP contribution in [0.1, 0.15) is 35.8 Å². The van der Waals surface area contributed by atoms with Crippen molar-refractivity contribution in [2.45, 2.75) is 19.8 Å². The van der Waals surface area contributed by atoms with Crippen LogP contribution < -0.4 is 4.31 Å². The molecule has 1 aromatic heterocycles. The number of anilines is 1. The fourth-order valence-corrected chi connectivity index (χ4v) is 2.51. The first kappa shape index (κ1) is 17.1. The van der Waals surface area contributed by atoms with Crippen molar-refractivity contribution in [1.29, 1.82) is 0 Å². The molecule has 0 amide bonds. The predicted octanol–water partition coefficient (Wildman–Crippen LogP) is 2.48. The Hall–Kier alpha value is -2.28. The van der Waals surface area contributed by atoms with Crippen LogP contribution in [0, 0.1) is 0 Å². The molecule has 2 rings (SSSR count). The maximum absolute atomic E-state index is 11.8. The summed E-state index contributed by atoms with van der Waals surface area (Å²) in [6.07, 6.45) is 1.81. The fraction of sp³-hybridized carbons (Fsp3) is 0.312. The highest BCUT2D eigenvalue weighted by atomic mass is 32.2. The highest BCUT2D eigenvalue weighted by Crippen LogP contribution is 2.28. The van der Waals surface area contributed by atoms with Gasteiger partial charge in [-0.2, -0.15) is 0 Å². The van der Waals surface area contributed by atoms with Gasteiger partial charge in [0.25, 0.3) is 0 Å². The van der Waals surface area contributed by atoms with Gasteiger partial charge in [-0.25, -0.2) is 22.7 Å². The number of rotatable bonds is 5. The van der Waals surface area contributed by atoms with E-state index >= 15 is 0 Å². The van der Waals surface area contributed by atoms with Gasteiger partial charge in [0.2, 0.25) is 16.0 Å². The highest BCUT2D eigenvalue weighted by Gasteiger charge is 2.22. The molecule has 0 radical (unpaired) electrons. The number of sulfonamides is 1. The third-order valence-corrected chi connectivity index (χ3v) is 4.61. The summed E-state index contributed by atoms with van der Waals surface area (Å²) in [4.78, 5) is 20.2. The zero-order valence-corrected chi connectivity index (χ0v) is 14.3. The normalized spacial score (nSPS) is 11.5. The number of benzene rings is 1. The minimum atomic E-state index is -3.50. The highest BCUT2D eigenvalue weighted by molar-refractivity contribution is 7.92. The molecule has 6 nitrogen and oxygen atoms in total. The molecule has 0 bridgehead atoms. The molecule has 0 aliphatic heterocycles. The molecule has 2 aromatic rings. The second-order valence-corrected chi connectivity index (χ2v) is 7.55. The average Bonchev–Trinajstić information content (AvgIpc) is 2.52. The molecule has 0 atom stereocenters. The smallest absolute Gasteiger partial charge is 0.239 e. The average molecular weight is 333 g/mol. The Labute approximate surface area is 136 Å². The van der Waals surface area contributed by atoms with Crippen molar-refractivity contribution in [1.82, 2.24) is 9.97 Å². The first-order valence-electron chi connectivity index (χ1n) is 7.12.